The van der Waals surface area contributed by atoms with Crippen molar-refractivity contribution in [3.05, 3.63) is 134 Å². The molecule has 0 bridgehead atoms. The second-order valence-corrected chi connectivity index (χ2v) is 12.9. The van der Waals surface area contributed by atoms with E-state index in [0.717, 1.165) is 26.5 Å². The Morgan fingerprint density at radius 3 is 2.09 bits per heavy atom. The van der Waals surface area contributed by atoms with Gasteiger partial charge in [0.1, 0.15) is 18.0 Å². The van der Waals surface area contributed by atoms with Gasteiger partial charge in [-0.25, -0.2) is 4.79 Å². The molecule has 0 amide bonds. The molecular formula is C34H38N2O10S. The van der Waals surface area contributed by atoms with Crippen molar-refractivity contribution in [3.63, 3.8) is 0 Å². The third kappa shape index (κ3) is 7.89. The lowest BCUT2D eigenvalue weighted by Crippen LogP contribution is -2.57. The number of aliphatic hydroxyl groups excluding tert-OH is 1. The van der Waals surface area contributed by atoms with Crippen LogP contribution >= 0.6 is 0 Å². The Labute approximate surface area is 272 Å². The molecule has 1 aliphatic rings. The van der Waals surface area contributed by atoms with Crippen LogP contribution in [0.4, 0.5) is 0 Å². The monoisotopic (exact) mass is 666 g/mol. The largest absolute Gasteiger partial charge is 0.497 e. The van der Waals surface area contributed by atoms with Crippen LogP contribution < -0.4 is 16.0 Å². The summed E-state index contributed by atoms with van der Waals surface area (Å²) in [6.45, 7) is 0.660. The van der Waals surface area contributed by atoms with Crippen LogP contribution in [0.2, 0.25) is 0 Å². The van der Waals surface area contributed by atoms with E-state index in [9.17, 15) is 23.1 Å². The van der Waals surface area contributed by atoms with Crippen molar-refractivity contribution < 1.29 is 36.7 Å². The molecule has 0 unspecified atom stereocenters. The molecule has 1 aromatic heterocycles. The first-order valence-corrected chi connectivity index (χ1v) is 16.8. The maximum atomic E-state index is 14.2. The van der Waals surface area contributed by atoms with Crippen molar-refractivity contribution in [3.8, 4) is 5.75 Å². The maximum Gasteiger partial charge on any atom is 0.333 e. The normalized spacial score (nSPS) is 21.1. The zero-order chi connectivity index (χ0) is 33.6. The molecule has 0 saturated carbocycles. The van der Waals surface area contributed by atoms with Crippen LogP contribution in [0, 0.1) is 6.92 Å². The highest BCUT2D eigenvalue weighted by molar-refractivity contribution is 7.86. The number of aliphatic hydroxyl groups is 1. The van der Waals surface area contributed by atoms with Crippen molar-refractivity contribution in [1.82, 2.24) is 9.13 Å². The van der Waals surface area contributed by atoms with Crippen molar-refractivity contribution in [2.75, 3.05) is 26.6 Å². The average Bonchev–Trinajstić information content (AvgIpc) is 3.36. The van der Waals surface area contributed by atoms with Gasteiger partial charge in [0.2, 0.25) is 5.72 Å². The van der Waals surface area contributed by atoms with Gasteiger partial charge in [-0.15, -0.1) is 0 Å². The maximum absolute atomic E-state index is 14.2. The van der Waals surface area contributed by atoms with Gasteiger partial charge < -0.3 is 24.1 Å². The Kier molecular flexibility index (Phi) is 10.7. The molecule has 0 radical (unpaired) electrons. The van der Waals surface area contributed by atoms with Gasteiger partial charge in [-0.2, -0.15) is 8.42 Å². The third-order valence-electron chi connectivity index (χ3n) is 7.90. The predicted molar refractivity (Wildman–Crippen MR) is 173 cm³/mol. The van der Waals surface area contributed by atoms with E-state index in [1.165, 1.54) is 20.2 Å². The van der Waals surface area contributed by atoms with Crippen molar-refractivity contribution >= 4 is 10.1 Å². The van der Waals surface area contributed by atoms with E-state index in [1.54, 1.807) is 24.3 Å². The van der Waals surface area contributed by atoms with Gasteiger partial charge in [0.15, 0.2) is 6.10 Å². The lowest BCUT2D eigenvalue weighted by Gasteiger charge is -2.35. The Morgan fingerprint density at radius 1 is 0.894 bits per heavy atom. The summed E-state index contributed by atoms with van der Waals surface area (Å²) in [5, 5.41) is 11.0. The Morgan fingerprint density at radius 2 is 1.51 bits per heavy atom. The molecule has 12 nitrogen and oxygen atoms in total. The molecule has 13 heteroatoms. The zero-order valence-corrected chi connectivity index (χ0v) is 27.2. The molecule has 4 atom stereocenters. The van der Waals surface area contributed by atoms with Gasteiger partial charge in [-0.1, -0.05) is 72.8 Å². The van der Waals surface area contributed by atoms with Gasteiger partial charge in [-0.3, -0.25) is 18.1 Å². The molecular weight excluding hydrogens is 628 g/mol. The van der Waals surface area contributed by atoms with Gasteiger partial charge in [0.25, 0.3) is 15.7 Å². The molecule has 1 N–H and O–H groups in total. The fourth-order valence-electron chi connectivity index (χ4n) is 5.58. The standard InChI is InChI=1S/C34H38N2O10S/c1-24-18-36(33(39)35(32(24)38)19-25-14-16-28(42-2)17-15-25)34(23-37)31(46-47(3,40)41)30(44-21-27-12-8-5-9-13-27)29(45-34)22-43-20-26-10-6-4-7-11-26/h4-18,29-31,37H,19-23H2,1-3H3/t29-,30-,31+,34-/m1/s1. The van der Waals surface area contributed by atoms with E-state index in [-0.39, 0.29) is 31.9 Å². The van der Waals surface area contributed by atoms with Crippen LogP contribution in [-0.4, -0.2) is 67.5 Å². The van der Waals surface area contributed by atoms with Crippen LogP contribution in [0.25, 0.3) is 0 Å². The highest BCUT2D eigenvalue weighted by Gasteiger charge is 2.60. The second-order valence-electron chi connectivity index (χ2n) is 11.3. The smallest absolute Gasteiger partial charge is 0.333 e. The molecule has 2 heterocycles. The number of hydrogen-bond donors (Lipinski definition) is 1. The molecule has 250 valence electrons. The predicted octanol–water partition coefficient (Wildman–Crippen LogP) is 2.57. The van der Waals surface area contributed by atoms with Crippen LogP contribution in [0.5, 0.6) is 5.75 Å². The highest BCUT2D eigenvalue weighted by Crippen LogP contribution is 2.40. The Bertz CT molecular complexity index is 1860. The number of aryl methyl sites for hydroxylation is 1. The second kappa shape index (κ2) is 14.8. The quantitative estimate of drug-likeness (QED) is 0.200. The highest BCUT2D eigenvalue weighted by atomic mass is 32.2. The number of methoxy groups -OCH3 is 1. The van der Waals surface area contributed by atoms with Crippen LogP contribution in [0.1, 0.15) is 22.3 Å². The first-order chi connectivity index (χ1) is 22.5. The summed E-state index contributed by atoms with van der Waals surface area (Å²) in [5.74, 6) is 0.601. The minimum absolute atomic E-state index is 0.0417. The summed E-state index contributed by atoms with van der Waals surface area (Å²) in [4.78, 5) is 27.5. The number of ether oxygens (including phenoxy) is 4. The summed E-state index contributed by atoms with van der Waals surface area (Å²) in [7, 11) is -2.68. The minimum Gasteiger partial charge on any atom is -0.497 e. The first-order valence-electron chi connectivity index (χ1n) is 15.0. The van der Waals surface area contributed by atoms with E-state index in [4.69, 9.17) is 23.1 Å². The van der Waals surface area contributed by atoms with Crippen LogP contribution in [0.15, 0.2) is 101 Å². The number of nitrogens with zero attached hydrogens (tertiary/aromatic N) is 2. The summed E-state index contributed by atoms with van der Waals surface area (Å²) in [6, 6.07) is 25.4. The zero-order valence-electron chi connectivity index (χ0n) is 26.4. The van der Waals surface area contributed by atoms with Crippen molar-refractivity contribution in [1.29, 1.82) is 0 Å². The van der Waals surface area contributed by atoms with Crippen LogP contribution in [-0.2, 0) is 54.0 Å². The number of rotatable bonds is 14. The number of aromatic nitrogens is 2. The number of benzene rings is 3. The van der Waals surface area contributed by atoms with E-state index in [2.05, 4.69) is 0 Å². The molecule has 4 aromatic rings. The van der Waals surface area contributed by atoms with Gasteiger partial charge in [0, 0.05) is 11.8 Å². The first kappa shape index (κ1) is 34.2. The molecule has 5 rings (SSSR count). The number of hydrogen-bond acceptors (Lipinski definition) is 10. The summed E-state index contributed by atoms with van der Waals surface area (Å²) >= 11 is 0. The van der Waals surface area contributed by atoms with E-state index in [0.29, 0.717) is 11.3 Å². The molecule has 0 spiro atoms. The lowest BCUT2D eigenvalue weighted by molar-refractivity contribution is -0.172. The molecule has 0 aliphatic carbocycles. The van der Waals surface area contributed by atoms with Gasteiger partial charge in [-0.05, 0) is 35.7 Å². The van der Waals surface area contributed by atoms with Crippen molar-refractivity contribution in [2.45, 2.75) is 50.7 Å². The molecule has 1 fully saturated rings. The molecule has 3 aromatic carbocycles. The minimum atomic E-state index is -4.20. The summed E-state index contributed by atoms with van der Waals surface area (Å²) in [6.07, 6.45) is -1.59. The SMILES string of the molecule is COc1ccc(Cn2c(=O)c(C)cn([C@]3(CO)O[C@H](COCc4ccccc4)[C@@H](OCc4ccccc4)[C@@H]3OS(C)(=O)=O)c2=O)cc1. The van der Waals surface area contributed by atoms with E-state index in [1.807, 2.05) is 60.7 Å². The Balaban J connectivity index is 1.58. The third-order valence-corrected chi connectivity index (χ3v) is 8.46. The van der Waals surface area contributed by atoms with E-state index < -0.39 is 52.0 Å². The van der Waals surface area contributed by atoms with Crippen molar-refractivity contribution in [2.24, 2.45) is 0 Å². The summed E-state index contributed by atoms with van der Waals surface area (Å²) < 4.78 is 57.0. The average molecular weight is 667 g/mol. The summed E-state index contributed by atoms with van der Waals surface area (Å²) in [5.41, 5.74) is -1.07. The Hall–Kier alpha value is -4.11. The topological polar surface area (TPSA) is 145 Å². The fraction of sp³-hybridized carbons (Fsp3) is 0.353. The molecule has 1 aliphatic heterocycles. The lowest BCUT2D eigenvalue weighted by atomic mass is 10.0. The molecule has 47 heavy (non-hydrogen) atoms. The van der Waals surface area contributed by atoms with Gasteiger partial charge in [0.05, 0.1) is 46.3 Å². The van der Waals surface area contributed by atoms with E-state index >= 15 is 0 Å². The molecule has 1 saturated heterocycles. The van der Waals surface area contributed by atoms with Gasteiger partial charge >= 0.3 is 5.69 Å². The van der Waals surface area contributed by atoms with Crippen LogP contribution in [0.3, 0.4) is 0 Å². The fourth-order valence-corrected chi connectivity index (χ4v) is 6.22.